The minimum Gasteiger partial charge on any atom is -1.00 e. The molecule has 3 N–H and O–H groups in total. The summed E-state index contributed by atoms with van der Waals surface area (Å²) in [6.07, 6.45) is 2.68. The molecule has 0 atom stereocenters. The summed E-state index contributed by atoms with van der Waals surface area (Å²) in [6, 6.07) is 8.08. The van der Waals surface area contributed by atoms with Crippen LogP contribution in [0.1, 0.15) is 20.8 Å². The summed E-state index contributed by atoms with van der Waals surface area (Å²) in [4.78, 5) is 15.5. The zero-order valence-corrected chi connectivity index (χ0v) is 17.5. The van der Waals surface area contributed by atoms with Crippen LogP contribution >= 0.6 is 0 Å². The molecular formula is C16H21N4NaO3S. The van der Waals surface area contributed by atoms with Crippen LogP contribution in [0.15, 0.2) is 47.6 Å². The second-order valence-corrected chi connectivity index (χ2v) is 7.25. The van der Waals surface area contributed by atoms with E-state index in [2.05, 4.69) is 15.6 Å². The molecule has 2 aromatic rings. The first kappa shape index (κ1) is 21.4. The molecule has 0 saturated heterocycles. The van der Waals surface area contributed by atoms with E-state index in [0.29, 0.717) is 5.69 Å². The summed E-state index contributed by atoms with van der Waals surface area (Å²) in [6.45, 7) is 5.41. The largest absolute Gasteiger partial charge is 1.00 e. The third-order valence-electron chi connectivity index (χ3n) is 3.02. The van der Waals surface area contributed by atoms with Gasteiger partial charge in [-0.15, -0.1) is 0 Å². The molecule has 1 heterocycles. The van der Waals surface area contributed by atoms with E-state index in [1.807, 2.05) is 35.9 Å². The fourth-order valence-electron chi connectivity index (χ4n) is 2.04. The van der Waals surface area contributed by atoms with Crippen molar-refractivity contribution in [1.29, 1.82) is 0 Å². The number of anilines is 2. The Hall–Kier alpha value is -1.61. The van der Waals surface area contributed by atoms with Gasteiger partial charge in [-0.3, -0.25) is 4.98 Å². The number of aromatic nitrogens is 1. The Balaban J connectivity index is 0.00000312. The zero-order valence-electron chi connectivity index (χ0n) is 15.7. The maximum atomic E-state index is 12.5. The quantitative estimate of drug-likeness (QED) is 0.623. The number of urea groups is 1. The van der Waals surface area contributed by atoms with Crippen molar-refractivity contribution in [1.82, 2.24) is 15.0 Å². The molecule has 0 unspecified atom stereocenters. The van der Waals surface area contributed by atoms with Crippen LogP contribution in [0, 0.1) is 6.92 Å². The molecule has 0 aliphatic carbocycles. The van der Waals surface area contributed by atoms with Gasteiger partial charge in [-0.05, 0) is 44.5 Å². The van der Waals surface area contributed by atoms with Crippen LogP contribution in [-0.2, 0) is 10.0 Å². The number of hydrogen-bond donors (Lipinski definition) is 3. The van der Waals surface area contributed by atoms with Crippen molar-refractivity contribution in [3.05, 3.63) is 48.3 Å². The molecule has 0 bridgehead atoms. The molecule has 0 saturated carbocycles. The molecule has 2 amide bonds. The average molecular weight is 372 g/mol. The fraction of sp³-hybridized carbons (Fsp3) is 0.250. The maximum absolute atomic E-state index is 12.5. The van der Waals surface area contributed by atoms with Crippen LogP contribution in [0.25, 0.3) is 0 Å². The van der Waals surface area contributed by atoms with Crippen molar-refractivity contribution in [2.75, 3.05) is 5.32 Å². The second kappa shape index (κ2) is 9.19. The van der Waals surface area contributed by atoms with E-state index in [0.717, 1.165) is 11.3 Å². The van der Waals surface area contributed by atoms with Gasteiger partial charge in [-0.2, -0.15) is 0 Å². The SMILES string of the molecule is Cc1cccc(Nc2ccncc2S(=O)(=O)NC(=O)NC(C)C)c1.[H-].[Na+]. The number of benzene rings is 1. The van der Waals surface area contributed by atoms with E-state index in [4.69, 9.17) is 0 Å². The Bertz CT molecular complexity index is 847. The number of nitrogens with zero attached hydrogens (tertiary/aromatic N) is 1. The molecule has 130 valence electrons. The third kappa shape index (κ3) is 6.32. The summed E-state index contributed by atoms with van der Waals surface area (Å²) >= 11 is 0. The topological polar surface area (TPSA) is 100 Å². The number of rotatable bonds is 5. The molecule has 2 rings (SSSR count). The number of pyridine rings is 1. The van der Waals surface area contributed by atoms with Gasteiger partial charge in [0.25, 0.3) is 10.0 Å². The zero-order chi connectivity index (χ0) is 17.7. The van der Waals surface area contributed by atoms with Crippen molar-refractivity contribution < 1.29 is 44.2 Å². The summed E-state index contributed by atoms with van der Waals surface area (Å²) in [5.41, 5.74) is 2.11. The third-order valence-corrected chi connectivity index (χ3v) is 4.38. The Kier molecular flexibility index (Phi) is 7.88. The van der Waals surface area contributed by atoms with Crippen molar-refractivity contribution in [2.24, 2.45) is 0 Å². The second-order valence-electron chi connectivity index (χ2n) is 5.60. The van der Waals surface area contributed by atoms with Crippen LogP contribution in [0.4, 0.5) is 16.2 Å². The van der Waals surface area contributed by atoms with Crippen molar-refractivity contribution in [2.45, 2.75) is 31.7 Å². The normalized spacial score (nSPS) is 10.7. The molecule has 0 spiro atoms. The molecule has 9 heteroatoms. The molecule has 7 nitrogen and oxygen atoms in total. The van der Waals surface area contributed by atoms with E-state index >= 15 is 0 Å². The first-order valence-electron chi connectivity index (χ1n) is 7.39. The van der Waals surface area contributed by atoms with Gasteiger partial charge in [0, 0.05) is 24.1 Å². The molecule has 1 aromatic carbocycles. The Labute approximate surface area is 171 Å². The fourth-order valence-corrected chi connectivity index (χ4v) is 3.07. The van der Waals surface area contributed by atoms with Gasteiger partial charge in [-0.25, -0.2) is 17.9 Å². The van der Waals surface area contributed by atoms with Gasteiger partial charge in [-0.1, -0.05) is 12.1 Å². The predicted octanol–water partition coefficient (Wildman–Crippen LogP) is -0.354. The number of carbonyl (C=O) groups excluding carboxylic acids is 1. The van der Waals surface area contributed by atoms with Gasteiger partial charge in [0.1, 0.15) is 4.90 Å². The van der Waals surface area contributed by atoms with Crippen LogP contribution in [0.2, 0.25) is 0 Å². The molecule has 0 aliphatic heterocycles. The minimum atomic E-state index is -4.05. The summed E-state index contributed by atoms with van der Waals surface area (Å²) in [5.74, 6) is 0. The van der Waals surface area contributed by atoms with Crippen molar-refractivity contribution in [3.8, 4) is 0 Å². The number of carbonyl (C=O) groups is 1. The summed E-state index contributed by atoms with van der Waals surface area (Å²) in [5, 5.41) is 5.52. The molecular weight excluding hydrogens is 351 g/mol. The van der Waals surface area contributed by atoms with Crippen LogP contribution in [0.3, 0.4) is 0 Å². The molecule has 25 heavy (non-hydrogen) atoms. The molecule has 0 radical (unpaired) electrons. The minimum absolute atomic E-state index is 0. The smallest absolute Gasteiger partial charge is 1.00 e. The van der Waals surface area contributed by atoms with Gasteiger partial charge >= 0.3 is 35.6 Å². The van der Waals surface area contributed by atoms with E-state index in [1.54, 1.807) is 13.8 Å². The van der Waals surface area contributed by atoms with Gasteiger partial charge in [0.05, 0.1) is 5.69 Å². The van der Waals surface area contributed by atoms with Gasteiger partial charge in [0.2, 0.25) is 0 Å². The Morgan fingerprint density at radius 3 is 2.60 bits per heavy atom. The number of hydrogen-bond acceptors (Lipinski definition) is 5. The van der Waals surface area contributed by atoms with Gasteiger partial charge < -0.3 is 12.1 Å². The molecule has 0 aliphatic rings. The maximum Gasteiger partial charge on any atom is 1.00 e. The van der Waals surface area contributed by atoms with E-state index in [1.165, 1.54) is 18.5 Å². The average Bonchev–Trinajstić information content (AvgIpc) is 2.46. The predicted molar refractivity (Wildman–Crippen MR) is 93.8 cm³/mol. The van der Waals surface area contributed by atoms with Crippen LogP contribution in [-0.4, -0.2) is 25.5 Å². The van der Waals surface area contributed by atoms with Crippen molar-refractivity contribution in [3.63, 3.8) is 0 Å². The first-order chi connectivity index (χ1) is 11.3. The summed E-state index contributed by atoms with van der Waals surface area (Å²) < 4.78 is 26.9. The van der Waals surface area contributed by atoms with E-state index < -0.39 is 16.1 Å². The molecule has 1 aromatic heterocycles. The monoisotopic (exact) mass is 372 g/mol. The molecule has 0 fully saturated rings. The summed E-state index contributed by atoms with van der Waals surface area (Å²) in [7, 11) is -4.05. The number of amides is 2. The first-order valence-corrected chi connectivity index (χ1v) is 8.87. The van der Waals surface area contributed by atoms with E-state index in [9.17, 15) is 13.2 Å². The van der Waals surface area contributed by atoms with Crippen molar-refractivity contribution >= 4 is 27.4 Å². The van der Waals surface area contributed by atoms with E-state index in [-0.39, 0.29) is 41.9 Å². The number of nitrogens with one attached hydrogen (secondary N) is 3. The number of aryl methyl sites for hydroxylation is 1. The standard InChI is InChI=1S/C16H20N4O3S.Na.H/c1-11(2)18-16(21)20-24(22,23)15-10-17-8-7-14(15)19-13-6-4-5-12(3)9-13;;/h4-11H,1-3H3,(H,17,19)(H2,18,20,21);;/q;+1;-1. The Morgan fingerprint density at radius 1 is 1.24 bits per heavy atom. The van der Waals surface area contributed by atoms with Crippen LogP contribution < -0.4 is 44.9 Å². The number of sulfonamides is 1. The van der Waals surface area contributed by atoms with Crippen LogP contribution in [0.5, 0.6) is 0 Å². The Morgan fingerprint density at radius 2 is 1.96 bits per heavy atom. The van der Waals surface area contributed by atoms with Gasteiger partial charge in [0.15, 0.2) is 0 Å².